The van der Waals surface area contributed by atoms with Crippen LogP contribution in [0.15, 0.2) is 73.3 Å². The molecule has 12 heteroatoms. The summed E-state index contributed by atoms with van der Waals surface area (Å²) >= 11 is 0. The summed E-state index contributed by atoms with van der Waals surface area (Å²) in [5.74, 6) is -1.86. The van der Waals surface area contributed by atoms with Crippen LogP contribution in [0.4, 0.5) is 9.59 Å². The molecule has 1 atom stereocenters. The van der Waals surface area contributed by atoms with Crippen molar-refractivity contribution in [2.75, 3.05) is 26.8 Å². The molecule has 2 aromatic rings. The number of carbonyl (C=O) groups excluding carboxylic acids is 5. The van der Waals surface area contributed by atoms with E-state index in [4.69, 9.17) is 14.2 Å². The fourth-order valence-corrected chi connectivity index (χ4v) is 5.14. The van der Waals surface area contributed by atoms with Gasteiger partial charge in [0.2, 0.25) is 11.8 Å². The van der Waals surface area contributed by atoms with Gasteiger partial charge < -0.3 is 34.6 Å². The molecule has 0 aliphatic carbocycles. The van der Waals surface area contributed by atoms with Crippen LogP contribution >= 0.6 is 0 Å². The average molecular weight is 637 g/mol. The van der Waals surface area contributed by atoms with Gasteiger partial charge in [-0.25, -0.2) is 9.59 Å². The highest BCUT2D eigenvalue weighted by Gasteiger charge is 2.50. The number of nitrogens with zero attached hydrogens (tertiary/aromatic N) is 2. The van der Waals surface area contributed by atoms with Crippen molar-refractivity contribution in [2.45, 2.75) is 70.3 Å². The van der Waals surface area contributed by atoms with E-state index in [0.29, 0.717) is 5.56 Å². The first-order valence-electron chi connectivity index (χ1n) is 15.1. The Balaban J connectivity index is 2.05. The van der Waals surface area contributed by atoms with Crippen LogP contribution in [-0.4, -0.2) is 83.8 Å². The predicted octanol–water partition coefficient (Wildman–Crippen LogP) is 3.95. The lowest BCUT2D eigenvalue weighted by molar-refractivity contribution is -0.155. The van der Waals surface area contributed by atoms with Gasteiger partial charge in [0.05, 0.1) is 13.5 Å². The number of benzene rings is 2. The van der Waals surface area contributed by atoms with E-state index in [2.05, 4.69) is 17.2 Å². The summed E-state index contributed by atoms with van der Waals surface area (Å²) in [7, 11) is 1.18. The molecule has 2 N–H and O–H groups in total. The lowest BCUT2D eigenvalue weighted by Gasteiger charge is -2.48. The number of alkyl carbamates (subject to hydrolysis) is 1. The van der Waals surface area contributed by atoms with Crippen LogP contribution in [0.1, 0.15) is 51.2 Å². The molecule has 0 saturated carbocycles. The second kappa shape index (κ2) is 16.4. The van der Waals surface area contributed by atoms with Crippen molar-refractivity contribution in [3.05, 3.63) is 84.4 Å². The fraction of sp³-hybridized carbons (Fsp3) is 0.441. The summed E-state index contributed by atoms with van der Waals surface area (Å²) in [5.41, 5.74) is -0.778. The summed E-state index contributed by atoms with van der Waals surface area (Å²) in [4.78, 5) is 69.9. The van der Waals surface area contributed by atoms with Crippen LogP contribution in [0.2, 0.25) is 0 Å². The zero-order valence-corrected chi connectivity index (χ0v) is 27.0. The second-order valence-corrected chi connectivity index (χ2v) is 11.9. The third-order valence-corrected chi connectivity index (χ3v) is 7.45. The first-order chi connectivity index (χ1) is 21.9. The molecule has 0 radical (unpaired) electrons. The van der Waals surface area contributed by atoms with E-state index in [1.54, 1.807) is 20.8 Å². The Morgan fingerprint density at radius 1 is 0.978 bits per heavy atom. The monoisotopic (exact) mass is 636 g/mol. The largest absolute Gasteiger partial charge is 0.469 e. The van der Waals surface area contributed by atoms with Crippen molar-refractivity contribution in [3.63, 3.8) is 0 Å². The van der Waals surface area contributed by atoms with Gasteiger partial charge in [-0.2, -0.15) is 0 Å². The molecule has 0 bridgehead atoms. The maximum absolute atomic E-state index is 14.6. The minimum absolute atomic E-state index is 0.0208. The number of piperidine rings is 1. The third-order valence-electron chi connectivity index (χ3n) is 7.45. The summed E-state index contributed by atoms with van der Waals surface area (Å²) in [6, 6.07) is 17.0. The highest BCUT2D eigenvalue weighted by molar-refractivity contribution is 5.96. The molecule has 1 aliphatic rings. The van der Waals surface area contributed by atoms with Gasteiger partial charge in [0.25, 0.3) is 0 Å². The van der Waals surface area contributed by atoms with Gasteiger partial charge in [0, 0.05) is 26.2 Å². The third kappa shape index (κ3) is 10.1. The molecule has 1 aliphatic heterocycles. The van der Waals surface area contributed by atoms with Crippen molar-refractivity contribution in [2.24, 2.45) is 0 Å². The van der Waals surface area contributed by atoms with Gasteiger partial charge in [-0.3, -0.25) is 14.4 Å². The van der Waals surface area contributed by atoms with Crippen molar-refractivity contribution < 1.29 is 38.2 Å². The molecule has 1 heterocycles. The molecule has 1 fully saturated rings. The number of rotatable bonds is 12. The number of hydrogen-bond acceptors (Lipinski definition) is 8. The van der Waals surface area contributed by atoms with Crippen LogP contribution in [-0.2, 0) is 41.7 Å². The first kappa shape index (κ1) is 35.6. The Kier molecular flexibility index (Phi) is 12.7. The number of methoxy groups -OCH3 is 1. The molecule has 12 nitrogen and oxygen atoms in total. The van der Waals surface area contributed by atoms with Crippen molar-refractivity contribution in [1.82, 2.24) is 20.4 Å². The highest BCUT2D eigenvalue weighted by atomic mass is 16.6. The second-order valence-electron chi connectivity index (χ2n) is 11.9. The number of hydrogen-bond donors (Lipinski definition) is 2. The Morgan fingerprint density at radius 2 is 1.57 bits per heavy atom. The van der Waals surface area contributed by atoms with E-state index < -0.39 is 53.6 Å². The maximum Gasteiger partial charge on any atom is 0.410 e. The summed E-state index contributed by atoms with van der Waals surface area (Å²) in [6.07, 6.45) is -0.380. The Bertz CT molecular complexity index is 1350. The minimum Gasteiger partial charge on any atom is -0.469 e. The number of ether oxygens (including phenoxy) is 3. The number of amides is 4. The van der Waals surface area contributed by atoms with Crippen molar-refractivity contribution in [3.8, 4) is 0 Å². The highest BCUT2D eigenvalue weighted by Crippen LogP contribution is 2.33. The quantitative estimate of drug-likeness (QED) is 0.203. The van der Waals surface area contributed by atoms with Gasteiger partial charge in [0.15, 0.2) is 0 Å². The molecule has 46 heavy (non-hydrogen) atoms. The first-order valence-corrected chi connectivity index (χ1v) is 15.1. The van der Waals surface area contributed by atoms with Gasteiger partial charge in [-0.05, 0) is 44.7 Å². The molecule has 2 aromatic carbocycles. The summed E-state index contributed by atoms with van der Waals surface area (Å²) in [6.45, 7) is 9.00. The van der Waals surface area contributed by atoms with Crippen LogP contribution in [0.5, 0.6) is 0 Å². The number of nitrogens with one attached hydrogen (secondary N) is 2. The standard InChI is InChI=1S/C34H44N4O8/c1-6-21-45-32(43)37-19-17-34(18-20-37,30(41)35-23-25-13-9-7-10-14-25)38(24-26-15-11-8-12-16-26)29(40)27(22-28(39)44-5)36-31(42)46-33(2,3)4/h6-16,27H,1,17-24H2,2-5H3,(H,35,41)(H,36,42)/t27-/m0/s1. The smallest absolute Gasteiger partial charge is 0.410 e. The number of esters is 1. The molecule has 0 aromatic heterocycles. The van der Waals surface area contributed by atoms with E-state index >= 15 is 0 Å². The number of likely N-dealkylation sites (tertiary alicyclic amines) is 1. The Labute approximate surface area is 270 Å². The van der Waals surface area contributed by atoms with Gasteiger partial charge in [-0.1, -0.05) is 73.3 Å². The topological polar surface area (TPSA) is 144 Å². The molecule has 4 amide bonds. The molecule has 1 saturated heterocycles. The van der Waals surface area contributed by atoms with Crippen molar-refractivity contribution >= 4 is 30.0 Å². The lowest BCUT2D eigenvalue weighted by atomic mass is 9.83. The zero-order valence-electron chi connectivity index (χ0n) is 27.0. The Morgan fingerprint density at radius 3 is 2.11 bits per heavy atom. The van der Waals surface area contributed by atoms with Gasteiger partial charge in [0.1, 0.15) is 23.8 Å². The fourth-order valence-electron chi connectivity index (χ4n) is 5.14. The number of carbonyl (C=O) groups is 5. The SMILES string of the molecule is C=CCOC(=O)N1CCC(C(=O)NCc2ccccc2)(N(Cc2ccccc2)C(=O)[C@H](CC(=O)OC)NC(=O)OC(C)(C)C)CC1. The van der Waals surface area contributed by atoms with E-state index in [-0.39, 0.29) is 45.6 Å². The van der Waals surface area contributed by atoms with Crippen LogP contribution in [0, 0.1) is 0 Å². The lowest BCUT2D eigenvalue weighted by Crippen LogP contribution is -2.67. The van der Waals surface area contributed by atoms with Gasteiger partial charge in [-0.15, -0.1) is 0 Å². The molecular weight excluding hydrogens is 592 g/mol. The zero-order chi connectivity index (χ0) is 33.7. The maximum atomic E-state index is 14.6. The minimum atomic E-state index is -1.47. The van der Waals surface area contributed by atoms with Crippen LogP contribution < -0.4 is 10.6 Å². The molecular formula is C34H44N4O8. The summed E-state index contributed by atoms with van der Waals surface area (Å²) in [5, 5.41) is 5.52. The average Bonchev–Trinajstić information content (AvgIpc) is 3.04. The molecule has 248 valence electrons. The predicted molar refractivity (Wildman–Crippen MR) is 170 cm³/mol. The Hall–Kier alpha value is -4.87. The molecule has 0 spiro atoms. The van der Waals surface area contributed by atoms with E-state index in [1.165, 1.54) is 23.0 Å². The molecule has 0 unspecified atom stereocenters. The normalized spacial score (nSPS) is 14.7. The van der Waals surface area contributed by atoms with E-state index in [1.807, 2.05) is 60.7 Å². The summed E-state index contributed by atoms with van der Waals surface area (Å²) < 4.78 is 15.5. The van der Waals surface area contributed by atoms with Crippen molar-refractivity contribution in [1.29, 1.82) is 0 Å². The van der Waals surface area contributed by atoms with Gasteiger partial charge >= 0.3 is 18.2 Å². The van der Waals surface area contributed by atoms with E-state index in [0.717, 1.165) is 5.56 Å². The van der Waals surface area contributed by atoms with E-state index in [9.17, 15) is 24.0 Å². The van der Waals surface area contributed by atoms with Crippen LogP contribution in [0.25, 0.3) is 0 Å². The molecule has 3 rings (SSSR count). The van der Waals surface area contributed by atoms with Crippen LogP contribution in [0.3, 0.4) is 0 Å².